The Morgan fingerprint density at radius 1 is 0.356 bits per heavy atom. The average Bonchev–Trinajstić information content (AvgIpc) is 3.50. The molecule has 0 aliphatic carbocycles. The maximum absolute atomic E-state index is 6.42. The van der Waals surface area contributed by atoms with Crippen LogP contribution in [-0.2, 0) is 0 Å². The first-order chi connectivity index (χ1) is 22.3. The van der Waals surface area contributed by atoms with Crippen molar-refractivity contribution in [2.24, 2.45) is 0 Å². The lowest BCUT2D eigenvalue weighted by atomic mass is 9.96. The second kappa shape index (κ2) is 10.2. The van der Waals surface area contributed by atoms with Crippen LogP contribution in [0.3, 0.4) is 0 Å². The number of benzene rings is 7. The fourth-order valence-corrected chi connectivity index (χ4v) is 6.33. The van der Waals surface area contributed by atoms with Gasteiger partial charge in [-0.1, -0.05) is 127 Å². The van der Waals surface area contributed by atoms with E-state index < -0.39 is 0 Å². The van der Waals surface area contributed by atoms with Gasteiger partial charge in [-0.2, -0.15) is 0 Å². The summed E-state index contributed by atoms with van der Waals surface area (Å²) in [5.41, 5.74) is 6.58. The molecule has 0 atom stereocenters. The van der Waals surface area contributed by atoms with Gasteiger partial charge in [0.05, 0.1) is 0 Å². The summed E-state index contributed by atoms with van der Waals surface area (Å²) < 4.78 is 6.42. The van der Waals surface area contributed by atoms with Gasteiger partial charge in [0, 0.05) is 27.5 Å². The minimum atomic E-state index is 0.594. The van der Waals surface area contributed by atoms with Gasteiger partial charge in [0.25, 0.3) is 0 Å². The van der Waals surface area contributed by atoms with Crippen LogP contribution >= 0.6 is 0 Å². The number of para-hydroxylation sites is 1. The molecule has 0 fully saturated rings. The molecule has 4 heteroatoms. The number of furan rings is 1. The van der Waals surface area contributed by atoms with Gasteiger partial charge in [-0.25, -0.2) is 15.0 Å². The molecule has 0 saturated heterocycles. The highest BCUT2D eigenvalue weighted by atomic mass is 16.3. The Morgan fingerprint density at radius 2 is 0.956 bits per heavy atom. The van der Waals surface area contributed by atoms with Crippen molar-refractivity contribution in [3.8, 4) is 45.3 Å². The van der Waals surface area contributed by atoms with Gasteiger partial charge in [-0.3, -0.25) is 0 Å². The molecule has 7 aromatic carbocycles. The smallest absolute Gasteiger partial charge is 0.164 e. The molecule has 4 nitrogen and oxygen atoms in total. The van der Waals surface area contributed by atoms with Crippen molar-refractivity contribution < 1.29 is 4.42 Å². The Balaban J connectivity index is 1.29. The molecule has 0 unspecified atom stereocenters. The Morgan fingerprint density at radius 3 is 1.76 bits per heavy atom. The van der Waals surface area contributed by atoms with Crippen LogP contribution in [-0.4, -0.2) is 15.0 Å². The SMILES string of the molecule is c1ccc(-c2nc(-c3ccc4c(ccc5ccccc54)c3)nc(-c3cc(-c4ccccc4)c4c(c3)oc3ccccc34)n2)cc1. The van der Waals surface area contributed by atoms with E-state index in [2.05, 4.69) is 103 Å². The summed E-state index contributed by atoms with van der Waals surface area (Å²) in [6.07, 6.45) is 0. The fourth-order valence-electron chi connectivity index (χ4n) is 6.33. The third-order valence-corrected chi connectivity index (χ3v) is 8.49. The van der Waals surface area contributed by atoms with Gasteiger partial charge in [-0.05, 0) is 56.9 Å². The number of hydrogen-bond acceptors (Lipinski definition) is 4. The Hall–Kier alpha value is -6.13. The molecular formula is C41H25N3O. The van der Waals surface area contributed by atoms with E-state index in [-0.39, 0.29) is 0 Å². The standard InChI is InChI=1S/C41H25N3O/c1-3-11-26(12-4-1)35-24-31(25-37-38(35)34-17-9-10-18-36(34)45-37)41-43-39(28-14-5-2-6-15-28)42-40(44-41)30-21-22-33-29(23-30)20-19-27-13-7-8-16-32(27)33/h1-25H. The topological polar surface area (TPSA) is 51.8 Å². The number of rotatable bonds is 4. The van der Waals surface area contributed by atoms with Crippen LogP contribution in [0, 0.1) is 0 Å². The van der Waals surface area contributed by atoms with E-state index in [1.807, 2.05) is 48.5 Å². The van der Waals surface area contributed by atoms with Crippen LogP contribution < -0.4 is 0 Å². The quantitative estimate of drug-likeness (QED) is 0.196. The van der Waals surface area contributed by atoms with Crippen molar-refractivity contribution in [2.75, 3.05) is 0 Å². The van der Waals surface area contributed by atoms with E-state index in [1.165, 1.54) is 16.2 Å². The number of nitrogens with zero attached hydrogens (tertiary/aromatic N) is 3. The zero-order chi connectivity index (χ0) is 29.7. The van der Waals surface area contributed by atoms with Gasteiger partial charge < -0.3 is 4.42 Å². The molecule has 0 spiro atoms. The van der Waals surface area contributed by atoms with Crippen molar-refractivity contribution in [2.45, 2.75) is 0 Å². The highest BCUT2D eigenvalue weighted by Gasteiger charge is 2.18. The molecule has 0 saturated carbocycles. The van der Waals surface area contributed by atoms with Crippen LogP contribution in [0.5, 0.6) is 0 Å². The summed E-state index contributed by atoms with van der Waals surface area (Å²) >= 11 is 0. The van der Waals surface area contributed by atoms with E-state index in [9.17, 15) is 0 Å². The second-order valence-corrected chi connectivity index (χ2v) is 11.3. The molecule has 0 aliphatic rings. The second-order valence-electron chi connectivity index (χ2n) is 11.3. The minimum absolute atomic E-state index is 0.594. The van der Waals surface area contributed by atoms with Gasteiger partial charge in [0.2, 0.25) is 0 Å². The van der Waals surface area contributed by atoms with Crippen molar-refractivity contribution in [3.63, 3.8) is 0 Å². The summed E-state index contributed by atoms with van der Waals surface area (Å²) in [4.78, 5) is 15.1. The van der Waals surface area contributed by atoms with Crippen LogP contribution in [0.25, 0.3) is 88.8 Å². The maximum Gasteiger partial charge on any atom is 0.164 e. The Kier molecular flexibility index (Phi) is 5.78. The minimum Gasteiger partial charge on any atom is -0.456 e. The highest BCUT2D eigenvalue weighted by Crippen LogP contribution is 2.40. The third-order valence-electron chi connectivity index (χ3n) is 8.49. The van der Waals surface area contributed by atoms with Crippen LogP contribution in [0.4, 0.5) is 0 Å². The molecule has 210 valence electrons. The van der Waals surface area contributed by atoms with Gasteiger partial charge >= 0.3 is 0 Å². The van der Waals surface area contributed by atoms with Crippen LogP contribution in [0.15, 0.2) is 156 Å². The molecular weight excluding hydrogens is 550 g/mol. The van der Waals surface area contributed by atoms with E-state index in [0.29, 0.717) is 17.5 Å². The van der Waals surface area contributed by atoms with Gasteiger partial charge in [0.1, 0.15) is 11.2 Å². The van der Waals surface area contributed by atoms with E-state index in [0.717, 1.165) is 55.1 Å². The largest absolute Gasteiger partial charge is 0.456 e. The predicted molar refractivity (Wildman–Crippen MR) is 184 cm³/mol. The highest BCUT2D eigenvalue weighted by molar-refractivity contribution is 6.13. The molecule has 45 heavy (non-hydrogen) atoms. The summed E-state index contributed by atoms with van der Waals surface area (Å²) in [5, 5.41) is 6.97. The maximum atomic E-state index is 6.42. The zero-order valence-electron chi connectivity index (χ0n) is 24.2. The van der Waals surface area contributed by atoms with E-state index >= 15 is 0 Å². The lowest BCUT2D eigenvalue weighted by Gasteiger charge is -2.11. The van der Waals surface area contributed by atoms with Crippen LogP contribution in [0.2, 0.25) is 0 Å². The molecule has 2 heterocycles. The summed E-state index contributed by atoms with van der Waals surface area (Å²) in [6, 6.07) is 52.2. The molecule has 9 aromatic rings. The molecule has 0 aliphatic heterocycles. The first-order valence-corrected chi connectivity index (χ1v) is 15.0. The first kappa shape index (κ1) is 25.4. The van der Waals surface area contributed by atoms with E-state index in [4.69, 9.17) is 19.4 Å². The summed E-state index contributed by atoms with van der Waals surface area (Å²) in [7, 11) is 0. The molecule has 2 aromatic heterocycles. The number of fused-ring (bicyclic) bond motifs is 6. The lowest BCUT2D eigenvalue weighted by molar-refractivity contribution is 0.669. The van der Waals surface area contributed by atoms with Gasteiger partial charge in [-0.15, -0.1) is 0 Å². The fraction of sp³-hybridized carbons (Fsp3) is 0. The molecule has 0 amide bonds. The molecule has 9 rings (SSSR count). The summed E-state index contributed by atoms with van der Waals surface area (Å²) in [5.74, 6) is 1.84. The van der Waals surface area contributed by atoms with Crippen molar-refractivity contribution in [1.29, 1.82) is 0 Å². The third kappa shape index (κ3) is 4.35. The number of aromatic nitrogens is 3. The van der Waals surface area contributed by atoms with Gasteiger partial charge in [0.15, 0.2) is 17.5 Å². The van der Waals surface area contributed by atoms with E-state index in [1.54, 1.807) is 0 Å². The van der Waals surface area contributed by atoms with Crippen molar-refractivity contribution in [3.05, 3.63) is 152 Å². The molecule has 0 bridgehead atoms. The number of hydrogen-bond donors (Lipinski definition) is 0. The Bertz CT molecular complexity index is 2540. The lowest BCUT2D eigenvalue weighted by Crippen LogP contribution is -2.00. The molecule has 0 N–H and O–H groups in total. The van der Waals surface area contributed by atoms with Crippen LogP contribution in [0.1, 0.15) is 0 Å². The van der Waals surface area contributed by atoms with Crippen molar-refractivity contribution in [1.82, 2.24) is 15.0 Å². The predicted octanol–water partition coefficient (Wildman–Crippen LogP) is 10.7. The monoisotopic (exact) mass is 575 g/mol. The average molecular weight is 576 g/mol. The summed E-state index contributed by atoms with van der Waals surface area (Å²) in [6.45, 7) is 0. The zero-order valence-corrected chi connectivity index (χ0v) is 24.2. The normalized spacial score (nSPS) is 11.6. The first-order valence-electron chi connectivity index (χ1n) is 15.0. The Labute approximate surface area is 259 Å². The van der Waals surface area contributed by atoms with Crippen molar-refractivity contribution >= 4 is 43.5 Å². The molecule has 0 radical (unpaired) electrons.